The molecule has 0 aliphatic heterocycles. The Kier molecular flexibility index (Phi) is 7.90. The number of primary sulfonamides is 1. The second kappa shape index (κ2) is 10.4. The van der Waals surface area contributed by atoms with Crippen molar-refractivity contribution in [3.63, 3.8) is 0 Å². The maximum absolute atomic E-state index is 12.6. The summed E-state index contributed by atoms with van der Waals surface area (Å²) in [6.07, 6.45) is -1.09. The summed E-state index contributed by atoms with van der Waals surface area (Å²) in [5.41, 5.74) is 6.03. The van der Waals surface area contributed by atoms with Crippen LogP contribution in [-0.2, 0) is 31.0 Å². The van der Waals surface area contributed by atoms with E-state index in [-0.39, 0.29) is 30.0 Å². The van der Waals surface area contributed by atoms with Crippen molar-refractivity contribution in [3.8, 4) is 0 Å². The van der Waals surface area contributed by atoms with Gasteiger partial charge in [-0.05, 0) is 30.2 Å². The number of carbonyl (C=O) groups excluding carboxylic acids is 3. The van der Waals surface area contributed by atoms with Gasteiger partial charge in [-0.3, -0.25) is 9.59 Å². The minimum atomic E-state index is -3.96. The Balaban J connectivity index is 2.04. The molecule has 0 saturated carbocycles. The number of nitrogens with two attached hydrogens (primary N) is 2. The van der Waals surface area contributed by atoms with Crippen molar-refractivity contribution < 1.29 is 27.5 Å². The van der Waals surface area contributed by atoms with Gasteiger partial charge < -0.3 is 21.1 Å². The van der Waals surface area contributed by atoms with Gasteiger partial charge in [-0.25, -0.2) is 18.4 Å². The lowest BCUT2D eigenvalue weighted by Gasteiger charge is -2.18. The second-order valence-electron chi connectivity index (χ2n) is 6.33. The lowest BCUT2D eigenvalue weighted by atomic mass is 10.1. The lowest BCUT2D eigenvalue weighted by molar-refractivity contribution is -0.119. The summed E-state index contributed by atoms with van der Waals surface area (Å²) < 4.78 is 28.0. The molecule has 0 heterocycles. The first kappa shape index (κ1) is 22.8. The Morgan fingerprint density at radius 3 is 2.37 bits per heavy atom. The van der Waals surface area contributed by atoms with E-state index in [4.69, 9.17) is 15.6 Å². The highest BCUT2D eigenvalue weighted by Crippen LogP contribution is 2.15. The fraction of sp³-hybridized carbons (Fsp3) is 0.211. The average molecular weight is 434 g/mol. The van der Waals surface area contributed by atoms with Crippen molar-refractivity contribution in [1.82, 2.24) is 5.32 Å². The zero-order chi connectivity index (χ0) is 22.1. The first-order valence-corrected chi connectivity index (χ1v) is 10.4. The number of ether oxygens (including phenoxy) is 1. The van der Waals surface area contributed by atoms with Crippen LogP contribution in [0.1, 0.15) is 18.4 Å². The van der Waals surface area contributed by atoms with Crippen LogP contribution in [0.25, 0.3) is 0 Å². The third-order valence-electron chi connectivity index (χ3n) is 3.93. The molecule has 10 nitrogen and oxygen atoms in total. The number of hydrogen-bond donors (Lipinski definition) is 4. The van der Waals surface area contributed by atoms with Crippen LogP contribution in [0.5, 0.6) is 0 Å². The van der Waals surface area contributed by atoms with Gasteiger partial charge in [-0.2, -0.15) is 0 Å². The molecular weight excluding hydrogens is 412 g/mol. The Hall–Kier alpha value is -3.44. The predicted molar refractivity (Wildman–Crippen MR) is 108 cm³/mol. The lowest BCUT2D eigenvalue weighted by Crippen LogP contribution is -2.44. The number of amides is 3. The van der Waals surface area contributed by atoms with Gasteiger partial charge in [0.1, 0.15) is 12.6 Å². The third kappa shape index (κ3) is 7.53. The zero-order valence-electron chi connectivity index (χ0n) is 15.9. The molecule has 1 atom stereocenters. The first-order chi connectivity index (χ1) is 14.1. The molecule has 0 unspecified atom stereocenters. The molecule has 0 bridgehead atoms. The summed E-state index contributed by atoms with van der Waals surface area (Å²) in [6.45, 7) is -0.00671. The number of sulfonamides is 1. The molecule has 2 aromatic rings. The van der Waals surface area contributed by atoms with Gasteiger partial charge in [0.2, 0.25) is 21.8 Å². The van der Waals surface area contributed by atoms with Gasteiger partial charge in [0.05, 0.1) is 4.90 Å². The van der Waals surface area contributed by atoms with Crippen molar-refractivity contribution >= 4 is 33.6 Å². The maximum atomic E-state index is 12.6. The van der Waals surface area contributed by atoms with Gasteiger partial charge in [0, 0.05) is 12.1 Å². The number of alkyl carbamates (subject to hydrolysis) is 1. The quantitative estimate of drug-likeness (QED) is 0.455. The number of carbonyl (C=O) groups is 3. The van der Waals surface area contributed by atoms with Crippen LogP contribution in [0.15, 0.2) is 59.5 Å². The van der Waals surface area contributed by atoms with E-state index in [0.717, 1.165) is 5.56 Å². The summed E-state index contributed by atoms with van der Waals surface area (Å²) in [4.78, 5) is 35.6. The summed E-state index contributed by atoms with van der Waals surface area (Å²) in [5.74, 6) is -1.33. The van der Waals surface area contributed by atoms with E-state index in [1.807, 2.05) is 6.07 Å². The summed E-state index contributed by atoms with van der Waals surface area (Å²) in [5, 5.41) is 9.94. The van der Waals surface area contributed by atoms with Gasteiger partial charge >= 0.3 is 6.09 Å². The fourth-order valence-corrected chi connectivity index (χ4v) is 3.00. The fourth-order valence-electron chi connectivity index (χ4n) is 2.44. The van der Waals surface area contributed by atoms with Crippen LogP contribution < -0.4 is 21.5 Å². The highest BCUT2D eigenvalue weighted by molar-refractivity contribution is 7.89. The topological polar surface area (TPSA) is 171 Å². The monoisotopic (exact) mass is 434 g/mol. The first-order valence-electron chi connectivity index (χ1n) is 8.84. The minimum absolute atomic E-state index is 0.00671. The van der Waals surface area contributed by atoms with Crippen LogP contribution >= 0.6 is 0 Å². The van der Waals surface area contributed by atoms with Crippen LogP contribution in [0.2, 0.25) is 0 Å². The molecule has 0 aromatic heterocycles. The highest BCUT2D eigenvalue weighted by atomic mass is 32.2. The van der Waals surface area contributed by atoms with Gasteiger partial charge in [0.25, 0.3) is 0 Å². The van der Waals surface area contributed by atoms with E-state index in [2.05, 4.69) is 10.6 Å². The third-order valence-corrected chi connectivity index (χ3v) is 4.84. The van der Waals surface area contributed by atoms with Crippen molar-refractivity contribution in [1.29, 1.82) is 0 Å². The van der Waals surface area contributed by atoms with E-state index in [0.29, 0.717) is 0 Å². The van der Waals surface area contributed by atoms with Crippen molar-refractivity contribution in [2.75, 3.05) is 5.32 Å². The predicted octanol–water partition coefficient (Wildman–Crippen LogP) is 0.833. The Morgan fingerprint density at radius 2 is 1.73 bits per heavy atom. The molecule has 0 spiro atoms. The van der Waals surface area contributed by atoms with E-state index in [9.17, 15) is 22.8 Å². The molecule has 30 heavy (non-hydrogen) atoms. The molecule has 6 N–H and O–H groups in total. The largest absolute Gasteiger partial charge is 0.445 e. The number of anilines is 1. The molecule has 2 aromatic carbocycles. The standard InChI is InChI=1S/C19H22N4O6S/c20-17(24)10-9-16(23-19(26)29-12-13-5-2-1-3-6-13)18(25)22-14-7-4-8-15(11-14)30(21,27)28/h1-8,11,16H,9-10,12H2,(H2,20,24)(H,22,25)(H,23,26)(H2,21,27,28)/t16-/m0/s1. The number of hydrogen-bond acceptors (Lipinski definition) is 6. The van der Waals surface area contributed by atoms with Crippen LogP contribution in [-0.4, -0.2) is 32.4 Å². The molecule has 0 saturated heterocycles. The van der Waals surface area contributed by atoms with Crippen molar-refractivity contribution in [3.05, 3.63) is 60.2 Å². The summed E-state index contributed by atoms with van der Waals surface area (Å²) in [6, 6.07) is 13.1. The van der Waals surface area contributed by atoms with Gasteiger partial charge in [-0.15, -0.1) is 0 Å². The molecule has 3 amide bonds. The summed E-state index contributed by atoms with van der Waals surface area (Å²) in [7, 11) is -3.96. The van der Waals surface area contributed by atoms with Crippen LogP contribution in [0, 0.1) is 0 Å². The van der Waals surface area contributed by atoms with Gasteiger partial charge in [0.15, 0.2) is 0 Å². The molecule has 2 rings (SSSR count). The SMILES string of the molecule is NC(=O)CC[C@H](NC(=O)OCc1ccccc1)C(=O)Nc1cccc(S(N)(=O)=O)c1. The van der Waals surface area contributed by atoms with E-state index >= 15 is 0 Å². The number of primary amides is 1. The number of rotatable bonds is 9. The van der Waals surface area contributed by atoms with Crippen LogP contribution in [0.3, 0.4) is 0 Å². The Morgan fingerprint density at radius 1 is 1.03 bits per heavy atom. The van der Waals surface area contributed by atoms with Crippen LogP contribution in [0.4, 0.5) is 10.5 Å². The molecule has 0 aliphatic rings. The van der Waals surface area contributed by atoms with E-state index in [1.54, 1.807) is 24.3 Å². The minimum Gasteiger partial charge on any atom is -0.445 e. The maximum Gasteiger partial charge on any atom is 0.408 e. The highest BCUT2D eigenvalue weighted by Gasteiger charge is 2.23. The van der Waals surface area contributed by atoms with Crippen molar-refractivity contribution in [2.24, 2.45) is 10.9 Å². The van der Waals surface area contributed by atoms with Gasteiger partial charge in [-0.1, -0.05) is 36.4 Å². The molecule has 0 aliphatic carbocycles. The van der Waals surface area contributed by atoms with Crippen molar-refractivity contribution in [2.45, 2.75) is 30.4 Å². The number of nitrogens with one attached hydrogen (secondary N) is 2. The zero-order valence-corrected chi connectivity index (χ0v) is 16.7. The Bertz CT molecular complexity index is 1010. The average Bonchev–Trinajstić information content (AvgIpc) is 2.69. The smallest absolute Gasteiger partial charge is 0.408 e. The second-order valence-corrected chi connectivity index (χ2v) is 7.89. The summed E-state index contributed by atoms with van der Waals surface area (Å²) >= 11 is 0. The molecular formula is C19H22N4O6S. The molecule has 0 fully saturated rings. The van der Waals surface area contributed by atoms with E-state index in [1.165, 1.54) is 24.3 Å². The van der Waals surface area contributed by atoms with E-state index < -0.39 is 34.0 Å². The molecule has 11 heteroatoms. The molecule has 160 valence electrons. The molecule has 0 radical (unpaired) electrons. The number of benzene rings is 2. The normalized spacial score (nSPS) is 11.9. The Labute approximate surface area is 173 Å².